The van der Waals surface area contributed by atoms with Gasteiger partial charge >= 0.3 is 0 Å². The molecule has 0 spiro atoms. The molecule has 0 aliphatic rings. The predicted molar refractivity (Wildman–Crippen MR) is 80.4 cm³/mol. The van der Waals surface area contributed by atoms with Crippen LogP contribution in [0.3, 0.4) is 0 Å². The number of halogens is 1. The lowest BCUT2D eigenvalue weighted by Crippen LogP contribution is -2.38. The van der Waals surface area contributed by atoms with E-state index in [1.54, 1.807) is 4.90 Å². The van der Waals surface area contributed by atoms with Crippen molar-refractivity contribution in [1.29, 1.82) is 0 Å². The van der Waals surface area contributed by atoms with Gasteiger partial charge in [0.2, 0.25) is 5.91 Å². The van der Waals surface area contributed by atoms with Gasteiger partial charge in [-0.05, 0) is 36.6 Å². The molecule has 0 saturated heterocycles. The highest BCUT2D eigenvalue weighted by Crippen LogP contribution is 2.03. The molecule has 0 aliphatic heterocycles. The maximum Gasteiger partial charge on any atom is 0.251 e. The third-order valence-corrected chi connectivity index (χ3v) is 3.20. The van der Waals surface area contributed by atoms with Crippen LogP contribution in [-0.4, -0.2) is 36.3 Å². The molecular weight excluding hydrogens is 271 g/mol. The van der Waals surface area contributed by atoms with Gasteiger partial charge in [0, 0.05) is 32.1 Å². The lowest BCUT2D eigenvalue weighted by molar-refractivity contribution is -0.128. The maximum absolute atomic E-state index is 12.8. The summed E-state index contributed by atoms with van der Waals surface area (Å²) in [6.07, 6.45) is 0.936. The fourth-order valence-electron chi connectivity index (χ4n) is 1.85. The van der Waals surface area contributed by atoms with Crippen LogP contribution in [0, 0.1) is 11.7 Å². The fraction of sp³-hybridized carbons (Fsp3) is 0.500. The summed E-state index contributed by atoms with van der Waals surface area (Å²) in [4.78, 5) is 25.1. The van der Waals surface area contributed by atoms with Crippen LogP contribution in [0.25, 0.3) is 0 Å². The number of amides is 2. The fourth-order valence-corrected chi connectivity index (χ4v) is 1.85. The van der Waals surface area contributed by atoms with E-state index in [1.165, 1.54) is 31.2 Å². The zero-order valence-electron chi connectivity index (χ0n) is 12.9. The quantitative estimate of drug-likeness (QED) is 0.839. The molecule has 5 heteroatoms. The van der Waals surface area contributed by atoms with E-state index >= 15 is 0 Å². The zero-order valence-corrected chi connectivity index (χ0v) is 12.9. The average Bonchev–Trinajstić information content (AvgIpc) is 2.42. The summed E-state index contributed by atoms with van der Waals surface area (Å²) in [7, 11) is 0. The molecule has 1 N–H and O–H groups in total. The lowest BCUT2D eigenvalue weighted by atomic mass is 10.1. The van der Waals surface area contributed by atoms with Gasteiger partial charge in [-0.3, -0.25) is 9.59 Å². The average molecular weight is 294 g/mol. The van der Waals surface area contributed by atoms with Crippen molar-refractivity contribution in [2.45, 2.75) is 27.2 Å². The summed E-state index contributed by atoms with van der Waals surface area (Å²) in [5, 5.41) is 2.74. The Labute approximate surface area is 125 Å². The van der Waals surface area contributed by atoms with E-state index < -0.39 is 0 Å². The van der Waals surface area contributed by atoms with Gasteiger partial charge in [0.15, 0.2) is 0 Å². The van der Waals surface area contributed by atoms with E-state index in [0.29, 0.717) is 31.1 Å². The molecule has 2 amide bonds. The van der Waals surface area contributed by atoms with Crippen LogP contribution in [0.1, 0.15) is 37.6 Å². The summed E-state index contributed by atoms with van der Waals surface area (Å²) in [6, 6.07) is 5.37. The number of carbonyl (C=O) groups excluding carboxylic acids is 2. The largest absolute Gasteiger partial charge is 0.350 e. The van der Waals surface area contributed by atoms with Crippen molar-refractivity contribution < 1.29 is 14.0 Å². The van der Waals surface area contributed by atoms with Crippen molar-refractivity contribution in [2.24, 2.45) is 5.92 Å². The Balaban J connectivity index is 2.41. The molecule has 0 atom stereocenters. The van der Waals surface area contributed by atoms with E-state index in [4.69, 9.17) is 0 Å². The molecular formula is C16H23FN2O2. The van der Waals surface area contributed by atoms with E-state index in [1.807, 2.05) is 0 Å². The minimum Gasteiger partial charge on any atom is -0.350 e. The molecule has 0 saturated carbocycles. The van der Waals surface area contributed by atoms with E-state index in [9.17, 15) is 14.0 Å². The second-order valence-electron chi connectivity index (χ2n) is 5.45. The molecule has 1 rings (SSSR count). The van der Waals surface area contributed by atoms with Crippen LogP contribution in [0.5, 0.6) is 0 Å². The van der Waals surface area contributed by atoms with E-state index in [2.05, 4.69) is 19.2 Å². The SMILES string of the molecule is CC(=O)N(CCNC(=O)c1ccc(F)cc1)CCC(C)C. The van der Waals surface area contributed by atoms with Gasteiger partial charge < -0.3 is 10.2 Å². The Hall–Kier alpha value is -1.91. The van der Waals surface area contributed by atoms with Crippen molar-refractivity contribution in [3.63, 3.8) is 0 Å². The molecule has 0 radical (unpaired) electrons. The third kappa shape index (κ3) is 6.38. The predicted octanol–water partition coefficient (Wildman–Crippen LogP) is 2.45. The minimum absolute atomic E-state index is 0.00619. The molecule has 21 heavy (non-hydrogen) atoms. The highest BCUT2D eigenvalue weighted by molar-refractivity contribution is 5.94. The molecule has 1 aromatic rings. The van der Waals surface area contributed by atoms with Gasteiger partial charge in [-0.1, -0.05) is 13.8 Å². The topological polar surface area (TPSA) is 49.4 Å². The second kappa shape index (κ2) is 8.39. The van der Waals surface area contributed by atoms with Crippen LogP contribution in [0.15, 0.2) is 24.3 Å². The summed E-state index contributed by atoms with van der Waals surface area (Å²) < 4.78 is 12.8. The van der Waals surface area contributed by atoms with Gasteiger partial charge in [-0.2, -0.15) is 0 Å². The highest BCUT2D eigenvalue weighted by Gasteiger charge is 2.10. The van der Waals surface area contributed by atoms with Crippen molar-refractivity contribution in [1.82, 2.24) is 10.2 Å². The normalized spacial score (nSPS) is 10.5. The molecule has 0 unspecified atom stereocenters. The van der Waals surface area contributed by atoms with Crippen molar-refractivity contribution in [3.8, 4) is 0 Å². The molecule has 0 bridgehead atoms. The molecule has 1 aromatic carbocycles. The molecule has 0 aliphatic carbocycles. The number of hydrogen-bond acceptors (Lipinski definition) is 2. The highest BCUT2D eigenvalue weighted by atomic mass is 19.1. The van der Waals surface area contributed by atoms with Crippen molar-refractivity contribution in [2.75, 3.05) is 19.6 Å². The summed E-state index contributed by atoms with van der Waals surface area (Å²) in [6.45, 7) is 7.30. The number of rotatable bonds is 7. The van der Waals surface area contributed by atoms with E-state index in [-0.39, 0.29) is 17.6 Å². The van der Waals surface area contributed by atoms with E-state index in [0.717, 1.165) is 6.42 Å². The molecule has 0 aromatic heterocycles. The van der Waals surface area contributed by atoms with Crippen LogP contribution >= 0.6 is 0 Å². The van der Waals surface area contributed by atoms with Gasteiger partial charge in [0.05, 0.1) is 0 Å². The summed E-state index contributed by atoms with van der Waals surface area (Å²) >= 11 is 0. The van der Waals surface area contributed by atoms with Crippen LogP contribution in [0.2, 0.25) is 0 Å². The van der Waals surface area contributed by atoms with Crippen LogP contribution < -0.4 is 5.32 Å². The van der Waals surface area contributed by atoms with Crippen molar-refractivity contribution >= 4 is 11.8 Å². The lowest BCUT2D eigenvalue weighted by Gasteiger charge is -2.22. The number of hydrogen-bond donors (Lipinski definition) is 1. The second-order valence-corrected chi connectivity index (χ2v) is 5.45. The monoisotopic (exact) mass is 294 g/mol. The Morgan fingerprint density at radius 1 is 1.19 bits per heavy atom. The first-order valence-corrected chi connectivity index (χ1v) is 7.19. The minimum atomic E-state index is -0.372. The standard InChI is InChI=1S/C16H23FN2O2/c1-12(2)8-10-19(13(3)20)11-9-18-16(21)14-4-6-15(17)7-5-14/h4-7,12H,8-11H2,1-3H3,(H,18,21). The first kappa shape index (κ1) is 17.1. The number of carbonyl (C=O) groups is 2. The Kier molecular flexibility index (Phi) is 6.85. The first-order chi connectivity index (χ1) is 9.90. The maximum atomic E-state index is 12.8. The van der Waals surface area contributed by atoms with Gasteiger partial charge in [-0.15, -0.1) is 0 Å². The number of benzene rings is 1. The van der Waals surface area contributed by atoms with Crippen LogP contribution in [-0.2, 0) is 4.79 Å². The molecule has 4 nitrogen and oxygen atoms in total. The molecule has 0 fully saturated rings. The number of nitrogens with one attached hydrogen (secondary N) is 1. The summed E-state index contributed by atoms with van der Waals surface area (Å²) in [5.41, 5.74) is 0.410. The smallest absolute Gasteiger partial charge is 0.251 e. The van der Waals surface area contributed by atoms with Gasteiger partial charge in [0.1, 0.15) is 5.82 Å². The zero-order chi connectivity index (χ0) is 15.8. The first-order valence-electron chi connectivity index (χ1n) is 7.19. The third-order valence-electron chi connectivity index (χ3n) is 3.20. The Morgan fingerprint density at radius 2 is 1.81 bits per heavy atom. The van der Waals surface area contributed by atoms with Crippen molar-refractivity contribution in [3.05, 3.63) is 35.6 Å². The molecule has 0 heterocycles. The van der Waals surface area contributed by atoms with Crippen LogP contribution in [0.4, 0.5) is 4.39 Å². The number of nitrogens with zero attached hydrogens (tertiary/aromatic N) is 1. The Bertz CT molecular complexity index is 472. The summed E-state index contributed by atoms with van der Waals surface area (Å²) in [5.74, 6) is -0.0994. The van der Waals surface area contributed by atoms with Gasteiger partial charge in [0.25, 0.3) is 5.91 Å². The molecule has 116 valence electrons. The van der Waals surface area contributed by atoms with Gasteiger partial charge in [-0.25, -0.2) is 4.39 Å². The Morgan fingerprint density at radius 3 is 2.33 bits per heavy atom.